The Bertz CT molecular complexity index is 214. The van der Waals surface area contributed by atoms with Gasteiger partial charge in [-0.2, -0.15) is 0 Å². The summed E-state index contributed by atoms with van der Waals surface area (Å²) < 4.78 is 5.35. The standard InChI is InChI=1S/C12H24N2O/c1-11(2)13-5-4-6-14(8-7-13)12(3)9-15-10-12/h11H,4-10H2,1-3H3. The van der Waals surface area contributed by atoms with E-state index in [2.05, 4.69) is 30.6 Å². The number of hydrogen-bond donors (Lipinski definition) is 0. The fourth-order valence-electron chi connectivity index (χ4n) is 2.57. The lowest BCUT2D eigenvalue weighted by Crippen LogP contribution is -2.60. The van der Waals surface area contributed by atoms with Gasteiger partial charge in [0.15, 0.2) is 0 Å². The summed E-state index contributed by atoms with van der Waals surface area (Å²) in [7, 11) is 0. The monoisotopic (exact) mass is 212 g/mol. The molecule has 2 heterocycles. The van der Waals surface area contributed by atoms with Crippen LogP contribution >= 0.6 is 0 Å². The molecule has 15 heavy (non-hydrogen) atoms. The Morgan fingerprint density at radius 1 is 1.07 bits per heavy atom. The molecule has 0 bridgehead atoms. The molecule has 2 saturated heterocycles. The van der Waals surface area contributed by atoms with Gasteiger partial charge in [0.2, 0.25) is 0 Å². The summed E-state index contributed by atoms with van der Waals surface area (Å²) in [5, 5.41) is 0. The molecule has 0 amide bonds. The summed E-state index contributed by atoms with van der Waals surface area (Å²) in [6.45, 7) is 13.7. The number of rotatable bonds is 2. The van der Waals surface area contributed by atoms with Crippen molar-refractivity contribution in [3.05, 3.63) is 0 Å². The zero-order valence-corrected chi connectivity index (χ0v) is 10.3. The molecule has 0 spiro atoms. The first kappa shape index (κ1) is 11.4. The first-order valence-corrected chi connectivity index (χ1v) is 6.19. The predicted octanol–water partition coefficient (Wildman–Crippen LogP) is 1.19. The third-order valence-corrected chi connectivity index (χ3v) is 3.85. The van der Waals surface area contributed by atoms with Crippen LogP contribution in [0.2, 0.25) is 0 Å². The summed E-state index contributed by atoms with van der Waals surface area (Å²) in [6, 6.07) is 0.690. The van der Waals surface area contributed by atoms with Gasteiger partial charge in [-0.3, -0.25) is 9.80 Å². The second kappa shape index (κ2) is 4.40. The Morgan fingerprint density at radius 3 is 2.33 bits per heavy atom. The Kier molecular flexibility index (Phi) is 3.33. The molecule has 3 heteroatoms. The van der Waals surface area contributed by atoms with Gasteiger partial charge in [0, 0.05) is 25.7 Å². The molecule has 0 radical (unpaired) electrons. The molecule has 0 saturated carbocycles. The lowest BCUT2D eigenvalue weighted by atomic mass is 9.97. The van der Waals surface area contributed by atoms with Crippen LogP contribution in [0, 0.1) is 0 Å². The molecule has 88 valence electrons. The quantitative estimate of drug-likeness (QED) is 0.684. The van der Waals surface area contributed by atoms with Gasteiger partial charge < -0.3 is 4.74 Å². The molecule has 0 N–H and O–H groups in total. The third-order valence-electron chi connectivity index (χ3n) is 3.85. The number of ether oxygens (including phenoxy) is 1. The van der Waals surface area contributed by atoms with Crippen LogP contribution in [0.4, 0.5) is 0 Å². The molecule has 0 aromatic heterocycles. The van der Waals surface area contributed by atoms with Gasteiger partial charge in [-0.25, -0.2) is 0 Å². The number of nitrogens with zero attached hydrogens (tertiary/aromatic N) is 2. The largest absolute Gasteiger partial charge is 0.377 e. The molecule has 2 fully saturated rings. The van der Waals surface area contributed by atoms with E-state index in [0.717, 1.165) is 13.2 Å². The first-order chi connectivity index (χ1) is 7.12. The minimum atomic E-state index is 0.340. The van der Waals surface area contributed by atoms with Crippen molar-refractivity contribution in [2.75, 3.05) is 39.4 Å². The lowest BCUT2D eigenvalue weighted by Gasteiger charge is -2.47. The fourth-order valence-corrected chi connectivity index (χ4v) is 2.57. The molecule has 2 rings (SSSR count). The van der Waals surface area contributed by atoms with Gasteiger partial charge in [-0.15, -0.1) is 0 Å². The highest BCUT2D eigenvalue weighted by Crippen LogP contribution is 2.25. The normalized spacial score (nSPS) is 28.8. The molecule has 2 aliphatic rings. The molecule has 0 aromatic carbocycles. The molecule has 3 nitrogen and oxygen atoms in total. The van der Waals surface area contributed by atoms with Gasteiger partial charge in [0.1, 0.15) is 0 Å². The SMILES string of the molecule is CC(C)N1CCCN(C2(C)COC2)CC1. The zero-order valence-electron chi connectivity index (χ0n) is 10.3. The Hall–Kier alpha value is -0.120. The van der Waals surface area contributed by atoms with Crippen molar-refractivity contribution in [1.82, 2.24) is 9.80 Å². The van der Waals surface area contributed by atoms with Crippen LogP contribution in [0.15, 0.2) is 0 Å². The van der Waals surface area contributed by atoms with Crippen molar-refractivity contribution < 1.29 is 4.74 Å². The van der Waals surface area contributed by atoms with Crippen LogP contribution in [0.3, 0.4) is 0 Å². The Balaban J connectivity index is 1.89. The van der Waals surface area contributed by atoms with Gasteiger partial charge >= 0.3 is 0 Å². The maximum atomic E-state index is 5.35. The first-order valence-electron chi connectivity index (χ1n) is 6.19. The third kappa shape index (κ3) is 2.35. The summed E-state index contributed by atoms with van der Waals surface area (Å²) in [4.78, 5) is 5.21. The summed E-state index contributed by atoms with van der Waals surface area (Å²) in [5.74, 6) is 0. The number of hydrogen-bond acceptors (Lipinski definition) is 3. The Morgan fingerprint density at radius 2 is 1.80 bits per heavy atom. The van der Waals surface area contributed by atoms with Crippen molar-refractivity contribution in [3.8, 4) is 0 Å². The molecule has 0 aromatic rings. The van der Waals surface area contributed by atoms with Crippen molar-refractivity contribution in [3.63, 3.8) is 0 Å². The molecule has 0 aliphatic carbocycles. The molecular weight excluding hydrogens is 188 g/mol. The van der Waals surface area contributed by atoms with Gasteiger partial charge in [-0.1, -0.05) is 0 Å². The lowest BCUT2D eigenvalue weighted by molar-refractivity contribution is -0.129. The van der Waals surface area contributed by atoms with E-state index < -0.39 is 0 Å². The zero-order chi connectivity index (χ0) is 10.9. The van der Waals surface area contributed by atoms with Crippen molar-refractivity contribution in [2.24, 2.45) is 0 Å². The van der Waals surface area contributed by atoms with Crippen molar-refractivity contribution >= 4 is 0 Å². The van der Waals surface area contributed by atoms with Gasteiger partial charge in [-0.05, 0) is 33.7 Å². The fraction of sp³-hybridized carbons (Fsp3) is 1.00. The van der Waals surface area contributed by atoms with E-state index in [4.69, 9.17) is 4.74 Å². The van der Waals surface area contributed by atoms with E-state index >= 15 is 0 Å². The smallest absolute Gasteiger partial charge is 0.0671 e. The van der Waals surface area contributed by atoms with Crippen LogP contribution in [0.1, 0.15) is 27.2 Å². The van der Waals surface area contributed by atoms with Crippen LogP contribution in [-0.4, -0.2) is 60.8 Å². The van der Waals surface area contributed by atoms with Crippen molar-refractivity contribution in [1.29, 1.82) is 0 Å². The van der Waals surface area contributed by atoms with Crippen molar-refractivity contribution in [2.45, 2.75) is 38.8 Å². The molecule has 0 unspecified atom stereocenters. The highest BCUT2D eigenvalue weighted by molar-refractivity contribution is 4.93. The summed E-state index contributed by atoms with van der Waals surface area (Å²) in [5.41, 5.74) is 0.340. The second-order valence-corrected chi connectivity index (χ2v) is 5.46. The second-order valence-electron chi connectivity index (χ2n) is 5.46. The highest BCUT2D eigenvalue weighted by Gasteiger charge is 2.39. The predicted molar refractivity (Wildman–Crippen MR) is 62.1 cm³/mol. The molecular formula is C12H24N2O. The Labute approximate surface area is 93.4 Å². The van der Waals surface area contributed by atoms with Gasteiger partial charge in [0.25, 0.3) is 0 Å². The average molecular weight is 212 g/mol. The topological polar surface area (TPSA) is 15.7 Å². The van der Waals surface area contributed by atoms with Crippen LogP contribution in [0.25, 0.3) is 0 Å². The van der Waals surface area contributed by atoms with E-state index in [9.17, 15) is 0 Å². The van der Waals surface area contributed by atoms with E-state index in [0.29, 0.717) is 11.6 Å². The average Bonchev–Trinajstić information content (AvgIpc) is 2.39. The molecule has 2 aliphatic heterocycles. The summed E-state index contributed by atoms with van der Waals surface area (Å²) >= 11 is 0. The van der Waals surface area contributed by atoms with Crippen LogP contribution in [0.5, 0.6) is 0 Å². The van der Waals surface area contributed by atoms with E-state index in [-0.39, 0.29) is 0 Å². The van der Waals surface area contributed by atoms with Gasteiger partial charge in [0.05, 0.1) is 18.8 Å². The maximum Gasteiger partial charge on any atom is 0.0671 e. The highest BCUT2D eigenvalue weighted by atomic mass is 16.5. The molecule has 0 atom stereocenters. The minimum absolute atomic E-state index is 0.340. The van der Waals surface area contributed by atoms with E-state index in [1.807, 2.05) is 0 Å². The summed E-state index contributed by atoms with van der Waals surface area (Å²) in [6.07, 6.45) is 1.30. The van der Waals surface area contributed by atoms with E-state index in [1.54, 1.807) is 0 Å². The van der Waals surface area contributed by atoms with Crippen LogP contribution in [-0.2, 0) is 4.74 Å². The maximum absolute atomic E-state index is 5.35. The van der Waals surface area contributed by atoms with Crippen LogP contribution < -0.4 is 0 Å². The minimum Gasteiger partial charge on any atom is -0.377 e. The van der Waals surface area contributed by atoms with E-state index in [1.165, 1.54) is 32.6 Å².